The molecular weight excluding hydrogens is 398 g/mol. The third-order valence-electron chi connectivity index (χ3n) is 4.19. The first kappa shape index (κ1) is 18.6. The topological polar surface area (TPSA) is 57.2 Å². The molecule has 0 aromatic heterocycles. The minimum atomic E-state index is -0.179. The minimum Gasteiger partial charge on any atom is -0.493 e. The van der Waals surface area contributed by atoms with Crippen LogP contribution < -0.4 is 23.8 Å². The molecule has 4 rings (SSSR count). The van der Waals surface area contributed by atoms with E-state index in [4.69, 9.17) is 31.2 Å². The van der Waals surface area contributed by atoms with Crippen molar-refractivity contribution < 1.29 is 23.7 Å². The van der Waals surface area contributed by atoms with Crippen LogP contribution in [0.3, 0.4) is 0 Å². The van der Waals surface area contributed by atoms with E-state index in [9.17, 15) is 4.79 Å². The average molecular weight is 415 g/mol. The third-order valence-corrected chi connectivity index (χ3v) is 5.50. The molecule has 2 aromatic carbocycles. The number of ether oxygens (including phenoxy) is 4. The number of benzene rings is 2. The van der Waals surface area contributed by atoms with Gasteiger partial charge in [0, 0.05) is 6.07 Å². The molecule has 2 aliphatic heterocycles. The van der Waals surface area contributed by atoms with Crippen molar-refractivity contribution >= 4 is 46.0 Å². The molecule has 0 radical (unpaired) electrons. The lowest BCUT2D eigenvalue weighted by atomic mass is 10.1. The number of nitrogens with zero attached hydrogens (tertiary/aromatic N) is 1. The van der Waals surface area contributed by atoms with Crippen LogP contribution in [0.1, 0.15) is 12.5 Å². The minimum absolute atomic E-state index is 0.177. The SMILES string of the molecule is CCOc1ccc(/C=C2/SC(=S)N(c3ccc4c(c3)OCO4)C2=O)cc1OC. The molecule has 6 nitrogen and oxygen atoms in total. The van der Waals surface area contributed by atoms with Crippen molar-refractivity contribution in [2.75, 3.05) is 25.4 Å². The highest BCUT2D eigenvalue weighted by Crippen LogP contribution is 2.41. The smallest absolute Gasteiger partial charge is 0.270 e. The summed E-state index contributed by atoms with van der Waals surface area (Å²) in [6, 6.07) is 10.9. The van der Waals surface area contributed by atoms with Crippen LogP contribution in [0, 0.1) is 0 Å². The summed E-state index contributed by atoms with van der Waals surface area (Å²) < 4.78 is 22.1. The maximum Gasteiger partial charge on any atom is 0.270 e. The van der Waals surface area contributed by atoms with E-state index in [2.05, 4.69) is 0 Å². The summed E-state index contributed by atoms with van der Waals surface area (Å²) in [6.07, 6.45) is 1.80. The van der Waals surface area contributed by atoms with Gasteiger partial charge in [0.15, 0.2) is 27.3 Å². The Hall–Kier alpha value is -2.71. The highest BCUT2D eigenvalue weighted by atomic mass is 32.2. The number of rotatable bonds is 5. The van der Waals surface area contributed by atoms with Gasteiger partial charge in [-0.05, 0) is 42.8 Å². The van der Waals surface area contributed by atoms with Gasteiger partial charge >= 0.3 is 0 Å². The summed E-state index contributed by atoms with van der Waals surface area (Å²) in [5, 5.41) is 0. The second kappa shape index (κ2) is 7.73. The van der Waals surface area contributed by atoms with Crippen molar-refractivity contribution in [2.45, 2.75) is 6.92 Å². The molecule has 0 atom stereocenters. The zero-order valence-electron chi connectivity index (χ0n) is 15.3. The summed E-state index contributed by atoms with van der Waals surface area (Å²) in [6.45, 7) is 2.63. The van der Waals surface area contributed by atoms with E-state index in [0.29, 0.717) is 44.5 Å². The Bertz CT molecular complexity index is 989. The number of hydrogen-bond donors (Lipinski definition) is 0. The molecule has 0 spiro atoms. The Labute approximate surface area is 172 Å². The lowest BCUT2D eigenvalue weighted by molar-refractivity contribution is -0.113. The standard InChI is InChI=1S/C20H17NO5S2/c1-3-24-14-6-4-12(8-16(14)23-2)9-18-19(22)21(20(27)28-18)13-5-7-15-17(10-13)26-11-25-15/h4-10H,3,11H2,1-2H3/b18-9+. The summed E-state index contributed by atoms with van der Waals surface area (Å²) >= 11 is 6.69. The maximum absolute atomic E-state index is 13.0. The predicted octanol–water partition coefficient (Wildman–Crippen LogP) is 4.23. The average Bonchev–Trinajstić information content (AvgIpc) is 3.26. The Morgan fingerprint density at radius 3 is 2.79 bits per heavy atom. The number of amides is 1. The van der Waals surface area contributed by atoms with Gasteiger partial charge in [0.25, 0.3) is 5.91 Å². The zero-order valence-corrected chi connectivity index (χ0v) is 16.9. The molecule has 0 aliphatic carbocycles. The van der Waals surface area contributed by atoms with E-state index >= 15 is 0 Å². The predicted molar refractivity (Wildman–Crippen MR) is 112 cm³/mol. The first-order valence-corrected chi connectivity index (χ1v) is 9.81. The highest BCUT2D eigenvalue weighted by molar-refractivity contribution is 8.27. The van der Waals surface area contributed by atoms with Crippen LogP contribution >= 0.6 is 24.0 Å². The summed E-state index contributed by atoms with van der Waals surface area (Å²) in [5.74, 6) is 2.36. The van der Waals surface area contributed by atoms with Crippen LogP contribution in [-0.2, 0) is 4.79 Å². The molecule has 0 N–H and O–H groups in total. The van der Waals surface area contributed by atoms with Crippen LogP contribution in [0.15, 0.2) is 41.3 Å². The zero-order chi connectivity index (χ0) is 19.7. The Kier molecular flexibility index (Phi) is 5.15. The molecular formula is C20H17NO5S2. The van der Waals surface area contributed by atoms with Crippen molar-refractivity contribution in [3.05, 3.63) is 46.9 Å². The van der Waals surface area contributed by atoms with Gasteiger partial charge in [0.1, 0.15) is 0 Å². The fourth-order valence-electron chi connectivity index (χ4n) is 2.91. The number of thioether (sulfide) groups is 1. The number of fused-ring (bicyclic) bond motifs is 1. The van der Waals surface area contributed by atoms with Crippen molar-refractivity contribution in [2.24, 2.45) is 0 Å². The normalized spacial score (nSPS) is 16.8. The molecule has 1 fully saturated rings. The summed E-state index contributed by atoms with van der Waals surface area (Å²) in [7, 11) is 1.58. The largest absolute Gasteiger partial charge is 0.493 e. The molecule has 144 valence electrons. The van der Waals surface area contributed by atoms with Crippen molar-refractivity contribution in [3.8, 4) is 23.0 Å². The van der Waals surface area contributed by atoms with E-state index in [1.807, 2.05) is 25.1 Å². The monoisotopic (exact) mass is 415 g/mol. The Morgan fingerprint density at radius 2 is 2.00 bits per heavy atom. The number of hydrogen-bond acceptors (Lipinski definition) is 7. The fraction of sp³-hybridized carbons (Fsp3) is 0.200. The Morgan fingerprint density at radius 1 is 1.18 bits per heavy atom. The van der Waals surface area contributed by atoms with Crippen LogP contribution in [-0.4, -0.2) is 30.7 Å². The highest BCUT2D eigenvalue weighted by Gasteiger charge is 2.34. The molecule has 8 heteroatoms. The van der Waals surface area contributed by atoms with Crippen LogP contribution in [0.5, 0.6) is 23.0 Å². The lowest BCUT2D eigenvalue weighted by Crippen LogP contribution is -2.27. The van der Waals surface area contributed by atoms with Crippen LogP contribution in [0.25, 0.3) is 6.08 Å². The van der Waals surface area contributed by atoms with Crippen molar-refractivity contribution in [1.29, 1.82) is 0 Å². The van der Waals surface area contributed by atoms with Gasteiger partial charge in [-0.2, -0.15) is 0 Å². The second-order valence-electron chi connectivity index (χ2n) is 5.90. The number of methoxy groups -OCH3 is 1. The number of carbonyl (C=O) groups is 1. The molecule has 2 heterocycles. The maximum atomic E-state index is 13.0. The number of thiocarbonyl (C=S) groups is 1. The van der Waals surface area contributed by atoms with Crippen molar-refractivity contribution in [1.82, 2.24) is 0 Å². The lowest BCUT2D eigenvalue weighted by Gasteiger charge is -2.14. The molecule has 1 amide bonds. The van der Waals surface area contributed by atoms with Gasteiger partial charge in [0.05, 0.1) is 24.3 Å². The number of carbonyl (C=O) groups excluding carboxylic acids is 1. The molecule has 0 saturated carbocycles. The van der Waals surface area contributed by atoms with Gasteiger partial charge < -0.3 is 18.9 Å². The van der Waals surface area contributed by atoms with E-state index in [1.54, 1.807) is 31.4 Å². The van der Waals surface area contributed by atoms with E-state index in [0.717, 1.165) is 5.56 Å². The van der Waals surface area contributed by atoms with Gasteiger partial charge in [-0.25, -0.2) is 0 Å². The molecule has 2 aliphatic rings. The van der Waals surface area contributed by atoms with Gasteiger partial charge in [-0.3, -0.25) is 9.69 Å². The van der Waals surface area contributed by atoms with Crippen LogP contribution in [0.2, 0.25) is 0 Å². The van der Waals surface area contributed by atoms with E-state index in [1.165, 1.54) is 16.7 Å². The third kappa shape index (κ3) is 3.41. The second-order valence-corrected chi connectivity index (χ2v) is 7.57. The van der Waals surface area contributed by atoms with Gasteiger partial charge in [-0.15, -0.1) is 0 Å². The molecule has 2 aromatic rings. The summed E-state index contributed by atoms with van der Waals surface area (Å²) in [5.41, 5.74) is 1.48. The Balaban J connectivity index is 1.62. The fourth-order valence-corrected chi connectivity index (χ4v) is 4.21. The van der Waals surface area contributed by atoms with Gasteiger partial charge in [-0.1, -0.05) is 30.0 Å². The quantitative estimate of drug-likeness (QED) is 0.535. The first-order valence-electron chi connectivity index (χ1n) is 8.59. The molecule has 0 bridgehead atoms. The molecule has 1 saturated heterocycles. The van der Waals surface area contributed by atoms with Gasteiger partial charge in [0.2, 0.25) is 6.79 Å². The first-order chi connectivity index (χ1) is 13.6. The molecule has 28 heavy (non-hydrogen) atoms. The summed E-state index contributed by atoms with van der Waals surface area (Å²) in [4.78, 5) is 15.0. The molecule has 0 unspecified atom stereocenters. The van der Waals surface area contributed by atoms with Crippen LogP contribution in [0.4, 0.5) is 5.69 Å². The van der Waals surface area contributed by atoms with E-state index < -0.39 is 0 Å². The van der Waals surface area contributed by atoms with Crippen molar-refractivity contribution in [3.63, 3.8) is 0 Å². The van der Waals surface area contributed by atoms with E-state index in [-0.39, 0.29) is 12.7 Å². The number of anilines is 1.